The molecular formula is C94H153N9O21. The summed E-state index contributed by atoms with van der Waals surface area (Å²) in [5.41, 5.74) is 24.5. The number of amides is 5. The maximum absolute atomic E-state index is 13.9. The zero-order valence-electron chi connectivity index (χ0n) is 75.0. The van der Waals surface area contributed by atoms with Gasteiger partial charge in [0.15, 0.2) is 0 Å². The van der Waals surface area contributed by atoms with Gasteiger partial charge in [0.25, 0.3) is 0 Å². The van der Waals surface area contributed by atoms with E-state index in [1.54, 1.807) is 45.0 Å². The van der Waals surface area contributed by atoms with E-state index in [2.05, 4.69) is 26.6 Å². The third-order valence-electron chi connectivity index (χ3n) is 22.6. The molecule has 0 heterocycles. The molecule has 5 amide bonds. The molecule has 8 atom stereocenters. The van der Waals surface area contributed by atoms with Gasteiger partial charge >= 0.3 is 23.9 Å². The molecule has 0 radical (unpaired) electrons. The summed E-state index contributed by atoms with van der Waals surface area (Å²) in [6.45, 7) is 9.23. The molecule has 2 aromatic carbocycles. The van der Waals surface area contributed by atoms with Crippen molar-refractivity contribution in [2.75, 3.05) is 39.4 Å². The zero-order valence-corrected chi connectivity index (χ0v) is 75.0. The van der Waals surface area contributed by atoms with Gasteiger partial charge in [-0.3, -0.25) is 57.5 Å². The molecule has 0 aromatic heterocycles. The van der Waals surface area contributed by atoms with Crippen molar-refractivity contribution in [3.63, 3.8) is 0 Å². The van der Waals surface area contributed by atoms with Crippen molar-refractivity contribution in [3.05, 3.63) is 59.7 Å². The first kappa shape index (κ1) is 111. The number of hydrogen-bond acceptors (Lipinski definition) is 21. The van der Waals surface area contributed by atoms with Gasteiger partial charge in [-0.2, -0.15) is 0 Å². The lowest BCUT2D eigenvalue weighted by molar-refractivity contribution is -0.144. The Morgan fingerprint density at radius 3 is 1.24 bits per heavy atom. The number of nitrogens with one attached hydrogen (secondary N) is 5. The maximum atomic E-state index is 13.9. The average Bonchev–Trinajstić information content (AvgIpc) is 0.872. The number of nitrogens with two attached hydrogens (primary N) is 4. The number of hydrogen-bond donors (Lipinski definition) is 13. The second-order valence-electron chi connectivity index (χ2n) is 34.6. The van der Waals surface area contributed by atoms with Crippen LogP contribution in [-0.4, -0.2) is 178 Å². The number of carboxylic acids is 4. The summed E-state index contributed by atoms with van der Waals surface area (Å²) in [4.78, 5) is 188. The van der Waals surface area contributed by atoms with E-state index in [9.17, 15) is 82.1 Å². The Morgan fingerprint density at radius 1 is 0.347 bits per heavy atom. The largest absolute Gasteiger partial charge is 0.494 e. The van der Waals surface area contributed by atoms with Gasteiger partial charge < -0.3 is 79.4 Å². The minimum absolute atomic E-state index is 0.000291. The van der Waals surface area contributed by atoms with Crippen molar-refractivity contribution < 1.29 is 102 Å². The fraction of sp³-hybridized carbons (Fsp3) is 0.713. The fourth-order valence-electron chi connectivity index (χ4n) is 14.4. The van der Waals surface area contributed by atoms with Gasteiger partial charge in [0.2, 0.25) is 29.5 Å². The van der Waals surface area contributed by atoms with Crippen molar-refractivity contribution in [1.29, 1.82) is 0 Å². The molecule has 0 bridgehead atoms. The van der Waals surface area contributed by atoms with Crippen molar-refractivity contribution >= 4 is 88.1 Å². The van der Waals surface area contributed by atoms with Gasteiger partial charge in [0.05, 0.1) is 54.4 Å². The van der Waals surface area contributed by atoms with Gasteiger partial charge in [-0.15, -0.1) is 0 Å². The normalized spacial score (nSPS) is 13.3. The van der Waals surface area contributed by atoms with Gasteiger partial charge in [0.1, 0.15) is 52.2 Å². The van der Waals surface area contributed by atoms with Crippen LogP contribution >= 0.6 is 0 Å². The standard InChI is InChI=1S/C94H153N9O21/c1-67(104)69(37-26-30-58-100-89(114)80(98)46-29-33-60-102-88(113)78(96)44-22-18-21-40-73(105)52-55-81(93(121)122)103-86(111)48-25-15-11-6-5-8-12-16-34-61-123-75-53-49-68(50-54-75)90(115)116)65-83(108)70(66-84(109)94(2,3)4)38-27-31-59-101-87(112)79(97)45-23-19-24-47-82(107)77(95)43-28-32-57-99-85(110)56-51-72(92(119)120)63-74(106)41-20-14-10-7-9-13-17-35-62-124-76-42-36-39-71(64-76)91(117)118/h36,39,42,49-50,53-54,64,69-70,72,77-81H,5-35,37-38,40-41,43-48,51-52,55-63,65-66,95-98H2,1-4H3,(H,99,110)(H,100,114)(H,101,112)(H,102,113)(H,103,111)(H,115,116)(H,117,118)(H,119,120)(H,121,122)/t69-,70-,72-,77+,78?,79+,80+,81+/m1/s1. The molecule has 124 heavy (non-hydrogen) atoms. The number of aliphatic carboxylic acids is 2. The lowest BCUT2D eigenvalue weighted by atomic mass is 9.79. The number of ketones is 6. The van der Waals surface area contributed by atoms with E-state index >= 15 is 0 Å². The number of benzene rings is 2. The monoisotopic (exact) mass is 1740 g/mol. The summed E-state index contributed by atoms with van der Waals surface area (Å²) >= 11 is 0. The summed E-state index contributed by atoms with van der Waals surface area (Å²) < 4.78 is 11.3. The lowest BCUT2D eigenvalue weighted by Crippen LogP contribution is -2.42. The van der Waals surface area contributed by atoms with Gasteiger partial charge in [-0.25, -0.2) is 14.4 Å². The first-order valence-electron chi connectivity index (χ1n) is 46.1. The number of carbonyl (C=O) groups excluding carboxylic acids is 11. The van der Waals surface area contributed by atoms with Crippen LogP contribution in [0.3, 0.4) is 0 Å². The minimum Gasteiger partial charge on any atom is -0.494 e. The quantitative estimate of drug-likeness (QED) is 0.0274. The van der Waals surface area contributed by atoms with E-state index in [1.165, 1.54) is 31.2 Å². The number of aromatic carboxylic acids is 2. The zero-order chi connectivity index (χ0) is 91.9. The Kier molecular flexibility index (Phi) is 60.5. The lowest BCUT2D eigenvalue weighted by Gasteiger charge is -2.23. The molecule has 30 nitrogen and oxygen atoms in total. The van der Waals surface area contributed by atoms with E-state index in [-0.39, 0.29) is 140 Å². The molecule has 0 aliphatic rings. The molecule has 0 fully saturated rings. The maximum Gasteiger partial charge on any atom is 0.335 e. The molecule has 0 spiro atoms. The highest BCUT2D eigenvalue weighted by Gasteiger charge is 2.31. The Morgan fingerprint density at radius 2 is 0.766 bits per heavy atom. The fourth-order valence-corrected chi connectivity index (χ4v) is 14.4. The number of carbonyl (C=O) groups is 15. The highest BCUT2D eigenvalue weighted by molar-refractivity contribution is 5.93. The third-order valence-corrected chi connectivity index (χ3v) is 22.6. The molecule has 1 unspecified atom stereocenters. The van der Waals surface area contributed by atoms with Crippen LogP contribution in [0.4, 0.5) is 0 Å². The van der Waals surface area contributed by atoms with Crippen LogP contribution < -0.4 is 59.0 Å². The van der Waals surface area contributed by atoms with Crippen molar-refractivity contribution in [2.24, 2.45) is 46.1 Å². The molecular weight excluding hydrogens is 1590 g/mol. The number of carboxylic acid groups (broad SMARTS) is 4. The number of unbranched alkanes of at least 4 members (excludes halogenated alkanes) is 23. The first-order chi connectivity index (χ1) is 59.2. The summed E-state index contributed by atoms with van der Waals surface area (Å²) in [6, 6.07) is 8.67. The molecule has 0 saturated carbocycles. The van der Waals surface area contributed by atoms with E-state index in [4.69, 9.17) is 42.6 Å². The smallest absolute Gasteiger partial charge is 0.335 e. The number of rotatable bonds is 80. The first-order valence-corrected chi connectivity index (χ1v) is 46.1. The Balaban J connectivity index is 1.52. The van der Waals surface area contributed by atoms with Crippen molar-refractivity contribution in [2.45, 2.75) is 366 Å². The summed E-state index contributed by atoms with van der Waals surface area (Å²) in [5, 5.41) is 51.5. The summed E-state index contributed by atoms with van der Waals surface area (Å²) in [6.07, 6.45) is 27.8. The summed E-state index contributed by atoms with van der Waals surface area (Å²) in [7, 11) is 0. The van der Waals surface area contributed by atoms with Gasteiger partial charge in [-0.1, -0.05) is 149 Å². The van der Waals surface area contributed by atoms with Crippen molar-refractivity contribution in [1.82, 2.24) is 26.6 Å². The Labute approximate surface area is 735 Å². The second kappa shape index (κ2) is 67.5. The predicted molar refractivity (Wildman–Crippen MR) is 476 cm³/mol. The second-order valence-corrected chi connectivity index (χ2v) is 34.6. The molecule has 0 saturated heterocycles. The van der Waals surface area contributed by atoms with E-state index in [0.29, 0.717) is 199 Å². The Bertz CT molecular complexity index is 3510. The average molecular weight is 1750 g/mol. The molecule has 17 N–H and O–H groups in total. The van der Waals surface area contributed by atoms with Crippen LogP contribution in [0, 0.1) is 23.2 Å². The minimum atomic E-state index is -1.19. The molecule has 2 aromatic rings. The highest BCUT2D eigenvalue weighted by atomic mass is 16.5. The molecule has 0 aliphatic heterocycles. The molecule has 700 valence electrons. The van der Waals surface area contributed by atoms with Crippen molar-refractivity contribution in [3.8, 4) is 11.5 Å². The predicted octanol–water partition coefficient (Wildman–Crippen LogP) is 13.0. The molecule has 2 rings (SSSR count). The number of Topliss-reactive ketones (excluding diaryl/α,β-unsaturated/α-hetero) is 6. The molecule has 30 heteroatoms. The summed E-state index contributed by atoms with van der Waals surface area (Å²) in [5.74, 6) is -7.49. The topological polar surface area (TPSA) is 520 Å². The van der Waals surface area contributed by atoms with Crippen LogP contribution in [-0.2, 0) is 62.3 Å². The van der Waals surface area contributed by atoms with Gasteiger partial charge in [0, 0.05) is 101 Å². The van der Waals surface area contributed by atoms with Crippen LogP contribution in [0.15, 0.2) is 48.5 Å². The van der Waals surface area contributed by atoms with E-state index in [1.807, 2.05) is 0 Å². The third kappa shape index (κ3) is 55.5. The van der Waals surface area contributed by atoms with Crippen LogP contribution in [0.25, 0.3) is 0 Å². The van der Waals surface area contributed by atoms with Crippen LogP contribution in [0.2, 0.25) is 0 Å². The Hall–Kier alpha value is -8.87. The number of ether oxygens (including phenoxy) is 2. The highest BCUT2D eigenvalue weighted by Crippen LogP contribution is 2.28. The van der Waals surface area contributed by atoms with Crippen LogP contribution in [0.1, 0.15) is 357 Å². The van der Waals surface area contributed by atoms with Crippen LogP contribution in [0.5, 0.6) is 11.5 Å². The van der Waals surface area contributed by atoms with E-state index < -0.39 is 77.3 Å². The van der Waals surface area contributed by atoms with E-state index in [0.717, 1.165) is 96.3 Å². The SMILES string of the molecule is CC(=O)[C@H](CCCCNC(=O)[C@@H](N)CCCCNC(=O)C(N)CCCCCC(=O)CC[C@H](NC(=O)CCCCCCCCCCCOc1ccc(C(=O)O)cc1)C(=O)O)CC(=O)[C@H](CCCCNC(=O)[C@@H](N)CCCCCC(=O)[C@@H](N)CCCCNC(=O)CC[C@H](CC(=O)CCCCCCCCCCOc1cccc(C(=O)O)c1)C(=O)O)CC(=O)C(C)(C)C. The molecule has 0 aliphatic carbocycles. The van der Waals surface area contributed by atoms with Gasteiger partial charge in [-0.05, 0) is 178 Å².